The van der Waals surface area contributed by atoms with Crippen molar-refractivity contribution < 1.29 is 19.1 Å². The molecule has 0 atom stereocenters. The molecule has 1 aromatic rings. The fraction of sp³-hybridized carbons (Fsp3) is 0.667. The van der Waals surface area contributed by atoms with Crippen molar-refractivity contribution in [2.75, 3.05) is 0 Å². The summed E-state index contributed by atoms with van der Waals surface area (Å²) in [6, 6.07) is 6.71. The van der Waals surface area contributed by atoms with E-state index in [1.165, 1.54) is 32.1 Å². The van der Waals surface area contributed by atoms with Gasteiger partial charge in [0.25, 0.3) is 0 Å². The average molecular weight is 387 g/mol. The summed E-state index contributed by atoms with van der Waals surface area (Å²) in [7, 11) is 0. The van der Waals surface area contributed by atoms with Crippen LogP contribution in [0.1, 0.15) is 78.1 Å². The Balaban J connectivity index is 1.43. The number of benzene rings is 1. The van der Waals surface area contributed by atoms with Crippen molar-refractivity contribution in [3.05, 3.63) is 24.3 Å². The summed E-state index contributed by atoms with van der Waals surface area (Å²) in [6.07, 6.45) is 11.4. The van der Waals surface area contributed by atoms with Gasteiger partial charge in [0.1, 0.15) is 11.5 Å². The lowest BCUT2D eigenvalue weighted by Gasteiger charge is -2.37. The summed E-state index contributed by atoms with van der Waals surface area (Å²) in [4.78, 5) is 23.8. The molecule has 4 nitrogen and oxygen atoms in total. The number of ether oxygens (including phenoxy) is 2. The van der Waals surface area contributed by atoms with Gasteiger partial charge in [0, 0.05) is 6.42 Å². The highest BCUT2D eigenvalue weighted by molar-refractivity contribution is 5.75. The smallest absolute Gasteiger partial charge is 0.314 e. The monoisotopic (exact) mass is 386 g/mol. The Kier molecular flexibility index (Phi) is 7.52. The van der Waals surface area contributed by atoms with Crippen molar-refractivity contribution in [3.63, 3.8) is 0 Å². The Labute approximate surface area is 169 Å². The molecule has 2 fully saturated rings. The van der Waals surface area contributed by atoms with E-state index in [1.54, 1.807) is 31.2 Å². The standard InChI is InChI=1S/C24H34O4/c1-3-17-5-7-18(8-6-17)19-9-11-20(12-10-19)24(26)28-22-15-13-21(14-16-22)27-23(25)4-2/h13-20H,3-12H2,1-2H3. The highest BCUT2D eigenvalue weighted by atomic mass is 16.5. The van der Waals surface area contributed by atoms with Gasteiger partial charge in [0.15, 0.2) is 0 Å². The lowest BCUT2D eigenvalue weighted by atomic mass is 9.69. The van der Waals surface area contributed by atoms with Crippen LogP contribution >= 0.6 is 0 Å². The van der Waals surface area contributed by atoms with Crippen molar-refractivity contribution in [1.29, 1.82) is 0 Å². The average Bonchev–Trinajstić information content (AvgIpc) is 2.75. The molecule has 2 aliphatic carbocycles. The van der Waals surface area contributed by atoms with Gasteiger partial charge < -0.3 is 9.47 Å². The molecule has 0 aromatic heterocycles. The van der Waals surface area contributed by atoms with Crippen LogP contribution in [0.15, 0.2) is 24.3 Å². The molecule has 28 heavy (non-hydrogen) atoms. The van der Waals surface area contributed by atoms with E-state index in [2.05, 4.69) is 6.92 Å². The number of rotatable bonds is 6. The molecule has 0 N–H and O–H groups in total. The fourth-order valence-electron chi connectivity index (χ4n) is 4.87. The Morgan fingerprint density at radius 1 is 0.786 bits per heavy atom. The summed E-state index contributed by atoms with van der Waals surface area (Å²) in [6.45, 7) is 4.07. The van der Waals surface area contributed by atoms with Gasteiger partial charge in [-0.05, 0) is 80.5 Å². The zero-order chi connectivity index (χ0) is 19.9. The second-order valence-electron chi connectivity index (χ2n) is 8.52. The van der Waals surface area contributed by atoms with Crippen molar-refractivity contribution in [1.82, 2.24) is 0 Å². The van der Waals surface area contributed by atoms with Crippen LogP contribution in [0.5, 0.6) is 11.5 Å². The molecule has 0 saturated heterocycles. The maximum absolute atomic E-state index is 12.5. The third kappa shape index (κ3) is 5.59. The van der Waals surface area contributed by atoms with Crippen LogP contribution in [0.2, 0.25) is 0 Å². The van der Waals surface area contributed by atoms with Gasteiger partial charge in [-0.3, -0.25) is 9.59 Å². The second kappa shape index (κ2) is 10.1. The lowest BCUT2D eigenvalue weighted by molar-refractivity contribution is -0.140. The third-order valence-electron chi connectivity index (χ3n) is 6.80. The topological polar surface area (TPSA) is 52.6 Å². The number of esters is 2. The first kappa shape index (κ1) is 20.9. The maximum Gasteiger partial charge on any atom is 0.314 e. The molecule has 0 unspecified atom stereocenters. The van der Waals surface area contributed by atoms with Crippen LogP contribution in [0.3, 0.4) is 0 Å². The van der Waals surface area contributed by atoms with Crippen molar-refractivity contribution in [2.24, 2.45) is 23.7 Å². The third-order valence-corrected chi connectivity index (χ3v) is 6.80. The van der Waals surface area contributed by atoms with Gasteiger partial charge in [-0.25, -0.2) is 0 Å². The van der Waals surface area contributed by atoms with Crippen molar-refractivity contribution >= 4 is 11.9 Å². The normalized spacial score (nSPS) is 27.8. The molecule has 154 valence electrons. The van der Waals surface area contributed by atoms with E-state index in [0.29, 0.717) is 17.9 Å². The van der Waals surface area contributed by atoms with E-state index >= 15 is 0 Å². The lowest BCUT2D eigenvalue weighted by Crippen LogP contribution is -2.30. The van der Waals surface area contributed by atoms with Crippen molar-refractivity contribution in [3.8, 4) is 11.5 Å². The number of carbonyl (C=O) groups is 2. The van der Waals surface area contributed by atoms with Crippen LogP contribution in [-0.4, -0.2) is 11.9 Å². The van der Waals surface area contributed by atoms with Gasteiger partial charge >= 0.3 is 11.9 Å². The van der Waals surface area contributed by atoms with Crippen molar-refractivity contribution in [2.45, 2.75) is 78.1 Å². The van der Waals surface area contributed by atoms with E-state index in [-0.39, 0.29) is 17.9 Å². The summed E-state index contributed by atoms with van der Waals surface area (Å²) < 4.78 is 10.7. The Hall–Kier alpha value is -1.84. The highest BCUT2D eigenvalue weighted by Gasteiger charge is 2.33. The molecule has 0 aliphatic heterocycles. The fourth-order valence-corrected chi connectivity index (χ4v) is 4.87. The Morgan fingerprint density at radius 2 is 1.29 bits per heavy atom. The Morgan fingerprint density at radius 3 is 1.79 bits per heavy atom. The number of hydrogen-bond acceptors (Lipinski definition) is 4. The van der Waals surface area contributed by atoms with E-state index in [4.69, 9.17) is 9.47 Å². The van der Waals surface area contributed by atoms with Crippen LogP contribution in [0.25, 0.3) is 0 Å². The molecule has 0 amide bonds. The molecule has 4 heteroatoms. The second-order valence-corrected chi connectivity index (χ2v) is 8.52. The van der Waals surface area contributed by atoms with Crippen LogP contribution in [0.4, 0.5) is 0 Å². The van der Waals surface area contributed by atoms with E-state index < -0.39 is 0 Å². The predicted molar refractivity (Wildman–Crippen MR) is 109 cm³/mol. The van der Waals surface area contributed by atoms with Crippen LogP contribution in [0, 0.1) is 23.7 Å². The summed E-state index contributed by atoms with van der Waals surface area (Å²) >= 11 is 0. The maximum atomic E-state index is 12.5. The molecule has 0 heterocycles. The zero-order valence-electron chi connectivity index (χ0n) is 17.3. The Bertz CT molecular complexity index is 635. The molecule has 2 aliphatic rings. The summed E-state index contributed by atoms with van der Waals surface area (Å²) in [5.41, 5.74) is 0. The van der Waals surface area contributed by atoms with E-state index in [9.17, 15) is 9.59 Å². The molecular weight excluding hydrogens is 352 g/mol. The van der Waals surface area contributed by atoms with Crippen LogP contribution < -0.4 is 9.47 Å². The molecular formula is C24H34O4. The minimum atomic E-state index is -0.273. The first-order valence-electron chi connectivity index (χ1n) is 11.1. The van der Waals surface area contributed by atoms with Gasteiger partial charge in [0.2, 0.25) is 0 Å². The first-order chi connectivity index (χ1) is 13.6. The minimum absolute atomic E-state index is 0.0147. The van der Waals surface area contributed by atoms with E-state index in [1.807, 2.05) is 0 Å². The predicted octanol–water partition coefficient (Wildman–Crippen LogP) is 5.93. The van der Waals surface area contributed by atoms with Crippen LogP contribution in [-0.2, 0) is 9.59 Å². The van der Waals surface area contributed by atoms with Gasteiger partial charge in [-0.2, -0.15) is 0 Å². The van der Waals surface area contributed by atoms with Gasteiger partial charge in [-0.1, -0.05) is 33.1 Å². The molecule has 1 aromatic carbocycles. The number of hydrogen-bond donors (Lipinski definition) is 0. The summed E-state index contributed by atoms with van der Waals surface area (Å²) in [5.74, 6) is 3.23. The van der Waals surface area contributed by atoms with Gasteiger partial charge in [-0.15, -0.1) is 0 Å². The summed E-state index contributed by atoms with van der Waals surface area (Å²) in [5, 5.41) is 0. The molecule has 0 spiro atoms. The largest absolute Gasteiger partial charge is 0.427 e. The SMILES string of the molecule is CCC(=O)Oc1ccc(OC(=O)C2CCC(C3CCC(CC)CC3)CC2)cc1. The molecule has 3 rings (SSSR count). The van der Waals surface area contributed by atoms with E-state index in [0.717, 1.165) is 43.4 Å². The highest BCUT2D eigenvalue weighted by Crippen LogP contribution is 2.42. The molecule has 0 radical (unpaired) electrons. The molecule has 0 bridgehead atoms. The quantitative estimate of drug-likeness (QED) is 0.449. The van der Waals surface area contributed by atoms with Gasteiger partial charge in [0.05, 0.1) is 5.92 Å². The molecule has 2 saturated carbocycles. The minimum Gasteiger partial charge on any atom is -0.427 e. The number of carbonyl (C=O) groups excluding carboxylic acids is 2. The first-order valence-corrected chi connectivity index (χ1v) is 11.1. The zero-order valence-corrected chi connectivity index (χ0v) is 17.3.